The average Bonchev–Trinajstić information content (AvgIpc) is 2.67. The zero-order chi connectivity index (χ0) is 17.9. The van der Waals surface area contributed by atoms with Crippen molar-refractivity contribution in [3.8, 4) is 11.8 Å². The van der Waals surface area contributed by atoms with E-state index in [4.69, 9.17) is 0 Å². The van der Waals surface area contributed by atoms with Crippen LogP contribution < -0.4 is 0 Å². The van der Waals surface area contributed by atoms with Gasteiger partial charge in [-0.25, -0.2) is 0 Å². The van der Waals surface area contributed by atoms with Crippen LogP contribution in [-0.2, 0) is 4.79 Å². The molecule has 1 heterocycles. The first-order chi connectivity index (χ1) is 12.7. The van der Waals surface area contributed by atoms with Crippen molar-refractivity contribution in [3.63, 3.8) is 0 Å². The maximum atomic E-state index is 12.3. The molecule has 0 bridgehead atoms. The summed E-state index contributed by atoms with van der Waals surface area (Å²) in [6, 6.07) is 24.6. The van der Waals surface area contributed by atoms with Gasteiger partial charge in [0.2, 0.25) is 0 Å². The number of aryl methyl sites for hydroxylation is 1. The van der Waals surface area contributed by atoms with Crippen LogP contribution in [0.3, 0.4) is 0 Å². The summed E-state index contributed by atoms with van der Waals surface area (Å²) in [5.74, 6) is 6.66. The largest absolute Gasteiger partial charge is 0.287 e. The summed E-state index contributed by atoms with van der Waals surface area (Å²) in [6.45, 7) is 2.09. The van der Waals surface area contributed by atoms with Crippen LogP contribution in [-0.4, -0.2) is 5.12 Å². The minimum absolute atomic E-state index is 0.0694. The molecule has 1 atom stereocenters. The van der Waals surface area contributed by atoms with Gasteiger partial charge in [0.1, 0.15) is 0 Å². The summed E-state index contributed by atoms with van der Waals surface area (Å²) in [7, 11) is 0. The Morgan fingerprint density at radius 1 is 0.885 bits per heavy atom. The maximum absolute atomic E-state index is 12.3. The zero-order valence-corrected chi connectivity index (χ0v) is 15.3. The molecule has 1 aliphatic heterocycles. The van der Waals surface area contributed by atoms with Crippen LogP contribution in [0.5, 0.6) is 0 Å². The van der Waals surface area contributed by atoms with E-state index >= 15 is 0 Å². The van der Waals surface area contributed by atoms with Gasteiger partial charge >= 0.3 is 0 Å². The van der Waals surface area contributed by atoms with Crippen LogP contribution in [0.1, 0.15) is 40.2 Å². The topological polar surface area (TPSA) is 17.1 Å². The van der Waals surface area contributed by atoms with Crippen molar-refractivity contribution in [3.05, 3.63) is 101 Å². The number of carbonyl (C=O) groups is 1. The van der Waals surface area contributed by atoms with Gasteiger partial charge in [-0.05, 0) is 42.3 Å². The number of benzene rings is 3. The predicted molar refractivity (Wildman–Crippen MR) is 107 cm³/mol. The van der Waals surface area contributed by atoms with Gasteiger partial charge in [0.25, 0.3) is 0 Å². The lowest BCUT2D eigenvalue weighted by atomic mass is 9.85. The monoisotopic (exact) mass is 354 g/mol. The third-order valence-corrected chi connectivity index (χ3v) is 5.57. The van der Waals surface area contributed by atoms with Crippen molar-refractivity contribution in [1.82, 2.24) is 0 Å². The van der Waals surface area contributed by atoms with E-state index in [0.717, 1.165) is 21.6 Å². The van der Waals surface area contributed by atoms with Crippen molar-refractivity contribution in [2.24, 2.45) is 0 Å². The Hall–Kier alpha value is -2.76. The Bertz CT molecular complexity index is 1020. The number of hydrogen-bond acceptors (Lipinski definition) is 2. The molecule has 3 aromatic carbocycles. The summed E-state index contributed by atoms with van der Waals surface area (Å²) in [6.07, 6.45) is 0.519. The van der Waals surface area contributed by atoms with Crippen LogP contribution in [0.2, 0.25) is 0 Å². The Morgan fingerprint density at radius 3 is 2.50 bits per heavy atom. The Morgan fingerprint density at radius 2 is 1.65 bits per heavy atom. The van der Waals surface area contributed by atoms with Crippen LogP contribution in [0, 0.1) is 18.8 Å². The molecular weight excluding hydrogens is 336 g/mol. The van der Waals surface area contributed by atoms with E-state index in [1.165, 1.54) is 22.9 Å². The molecule has 2 heteroatoms. The van der Waals surface area contributed by atoms with E-state index in [0.29, 0.717) is 6.42 Å². The lowest BCUT2D eigenvalue weighted by Crippen LogP contribution is -2.14. The summed E-state index contributed by atoms with van der Waals surface area (Å²) in [4.78, 5) is 13.4. The fourth-order valence-electron chi connectivity index (χ4n) is 3.33. The second-order valence-electron chi connectivity index (χ2n) is 6.48. The smallest absolute Gasteiger partial charge is 0.194 e. The Kier molecular flexibility index (Phi) is 4.65. The number of thioether (sulfide) groups is 1. The van der Waals surface area contributed by atoms with E-state index < -0.39 is 0 Å². The first-order valence-electron chi connectivity index (χ1n) is 8.68. The number of fused-ring (bicyclic) bond motifs is 1. The molecule has 0 aromatic heterocycles. The summed E-state index contributed by atoms with van der Waals surface area (Å²) >= 11 is 1.36. The summed E-state index contributed by atoms with van der Waals surface area (Å²) in [5.41, 5.74) is 5.56. The molecule has 3 aromatic rings. The van der Waals surface area contributed by atoms with Gasteiger partial charge in [0, 0.05) is 28.4 Å². The van der Waals surface area contributed by atoms with Gasteiger partial charge in [-0.15, -0.1) is 0 Å². The van der Waals surface area contributed by atoms with Crippen LogP contribution in [0.4, 0.5) is 0 Å². The Labute approximate surface area is 158 Å². The second-order valence-corrected chi connectivity index (χ2v) is 7.57. The van der Waals surface area contributed by atoms with Crippen molar-refractivity contribution in [2.45, 2.75) is 24.2 Å². The lowest BCUT2D eigenvalue weighted by molar-refractivity contribution is -0.111. The second kappa shape index (κ2) is 7.23. The van der Waals surface area contributed by atoms with Crippen molar-refractivity contribution in [1.29, 1.82) is 0 Å². The SMILES string of the molecule is Cc1ccc(C#Cc2ccccc2)c([C@H]2CC(=O)Sc3ccccc32)c1. The average molecular weight is 354 g/mol. The first-order valence-corrected chi connectivity index (χ1v) is 9.49. The molecule has 0 saturated heterocycles. The van der Waals surface area contributed by atoms with Gasteiger partial charge in [0.05, 0.1) is 0 Å². The van der Waals surface area contributed by atoms with E-state index in [2.05, 4.69) is 43.0 Å². The standard InChI is InChI=1S/C24H18OS/c1-17-11-13-19(14-12-18-7-3-2-4-8-18)21(15-17)22-16-24(25)26-23-10-6-5-9-20(22)23/h2-11,13,15,22H,16H2,1H3/t22-/m0/s1. The third-order valence-electron chi connectivity index (χ3n) is 4.59. The molecule has 0 unspecified atom stereocenters. The van der Waals surface area contributed by atoms with Crippen LogP contribution in [0.15, 0.2) is 77.7 Å². The van der Waals surface area contributed by atoms with Gasteiger partial charge in [-0.2, -0.15) is 0 Å². The first kappa shape index (κ1) is 16.7. The summed E-state index contributed by atoms with van der Waals surface area (Å²) < 4.78 is 0. The molecule has 0 radical (unpaired) electrons. The molecular formula is C24H18OS. The lowest BCUT2D eigenvalue weighted by Gasteiger charge is -2.25. The molecule has 26 heavy (non-hydrogen) atoms. The van der Waals surface area contributed by atoms with E-state index in [1.807, 2.05) is 48.5 Å². The van der Waals surface area contributed by atoms with Gasteiger partial charge in [-0.1, -0.05) is 77.7 Å². The highest BCUT2D eigenvalue weighted by Crippen LogP contribution is 2.42. The fourth-order valence-corrected chi connectivity index (χ4v) is 4.30. The molecule has 1 nitrogen and oxygen atoms in total. The number of hydrogen-bond donors (Lipinski definition) is 0. The molecule has 0 aliphatic carbocycles. The molecule has 0 spiro atoms. The van der Waals surface area contributed by atoms with E-state index in [9.17, 15) is 4.79 Å². The molecule has 0 saturated carbocycles. The highest BCUT2D eigenvalue weighted by molar-refractivity contribution is 8.13. The van der Waals surface area contributed by atoms with Crippen molar-refractivity contribution >= 4 is 16.9 Å². The minimum atomic E-state index is 0.0694. The minimum Gasteiger partial charge on any atom is -0.287 e. The zero-order valence-electron chi connectivity index (χ0n) is 14.5. The summed E-state index contributed by atoms with van der Waals surface area (Å²) in [5, 5.41) is 0.220. The van der Waals surface area contributed by atoms with Gasteiger partial charge in [0.15, 0.2) is 5.12 Å². The normalized spacial score (nSPS) is 15.7. The van der Waals surface area contributed by atoms with Crippen LogP contribution in [0.25, 0.3) is 0 Å². The molecule has 1 aliphatic rings. The van der Waals surface area contributed by atoms with Crippen molar-refractivity contribution in [2.75, 3.05) is 0 Å². The predicted octanol–water partition coefficient (Wildman–Crippen LogP) is 5.55. The Balaban J connectivity index is 1.81. The third kappa shape index (κ3) is 3.45. The molecule has 0 amide bonds. The number of carbonyl (C=O) groups excluding carboxylic acids is 1. The van der Waals surface area contributed by atoms with Gasteiger partial charge < -0.3 is 0 Å². The van der Waals surface area contributed by atoms with Crippen LogP contribution >= 0.6 is 11.8 Å². The molecule has 4 rings (SSSR count). The quantitative estimate of drug-likeness (QED) is 0.533. The molecule has 0 N–H and O–H groups in total. The van der Waals surface area contributed by atoms with E-state index in [-0.39, 0.29) is 11.0 Å². The fraction of sp³-hybridized carbons (Fsp3) is 0.125. The van der Waals surface area contributed by atoms with Crippen molar-refractivity contribution < 1.29 is 4.79 Å². The molecule has 126 valence electrons. The highest BCUT2D eigenvalue weighted by Gasteiger charge is 2.28. The van der Waals surface area contributed by atoms with Gasteiger partial charge in [-0.3, -0.25) is 4.79 Å². The van der Waals surface area contributed by atoms with E-state index in [1.54, 1.807) is 0 Å². The maximum Gasteiger partial charge on any atom is 0.194 e. The highest BCUT2D eigenvalue weighted by atomic mass is 32.2. The molecule has 0 fully saturated rings. The number of rotatable bonds is 1.